The van der Waals surface area contributed by atoms with Crippen molar-refractivity contribution in [3.05, 3.63) is 18.5 Å². The van der Waals surface area contributed by atoms with E-state index in [0.717, 1.165) is 13.0 Å². The van der Waals surface area contributed by atoms with E-state index in [0.29, 0.717) is 12.5 Å². The van der Waals surface area contributed by atoms with Crippen molar-refractivity contribution in [1.82, 2.24) is 20.4 Å². The molecule has 1 aromatic rings. The summed E-state index contributed by atoms with van der Waals surface area (Å²) in [5.41, 5.74) is -0.545. The normalized spacial score (nSPS) is 24.0. The molecule has 2 amide bonds. The van der Waals surface area contributed by atoms with E-state index >= 15 is 0 Å². The molecule has 0 aliphatic carbocycles. The average Bonchev–Trinajstić information content (AvgIpc) is 2.93. The number of hydrogen-bond donors (Lipinski definition) is 2. The van der Waals surface area contributed by atoms with Crippen LogP contribution in [0.2, 0.25) is 0 Å². The van der Waals surface area contributed by atoms with Gasteiger partial charge < -0.3 is 15.4 Å². The Labute approximate surface area is 132 Å². The van der Waals surface area contributed by atoms with Gasteiger partial charge in [0.25, 0.3) is 0 Å². The van der Waals surface area contributed by atoms with Gasteiger partial charge >= 0.3 is 6.03 Å². The van der Waals surface area contributed by atoms with Crippen LogP contribution in [0.5, 0.6) is 0 Å². The van der Waals surface area contributed by atoms with Gasteiger partial charge in [-0.05, 0) is 46.1 Å². The first-order chi connectivity index (χ1) is 10.2. The molecule has 22 heavy (non-hydrogen) atoms. The zero-order valence-corrected chi connectivity index (χ0v) is 14.2. The molecule has 6 heteroatoms. The van der Waals surface area contributed by atoms with Crippen LogP contribution >= 0.6 is 0 Å². The number of carbonyl (C=O) groups is 1. The molecule has 2 heterocycles. The van der Waals surface area contributed by atoms with Crippen molar-refractivity contribution < 1.29 is 9.53 Å². The zero-order valence-electron chi connectivity index (χ0n) is 14.2. The smallest absolute Gasteiger partial charge is 0.315 e. The number of nitrogens with one attached hydrogen (secondary N) is 2. The molecule has 0 bridgehead atoms. The lowest BCUT2D eigenvalue weighted by Gasteiger charge is -2.27. The lowest BCUT2D eigenvalue weighted by Crippen LogP contribution is -2.50. The Morgan fingerprint density at radius 3 is 2.73 bits per heavy atom. The minimum absolute atomic E-state index is 0.0175. The van der Waals surface area contributed by atoms with Crippen molar-refractivity contribution >= 4 is 6.03 Å². The SMILES string of the molecule is C[C@H](CNC(=O)N[C@H]1CC(C)(C)OC1(C)C)Cn1cccn1. The monoisotopic (exact) mass is 308 g/mol. The highest BCUT2D eigenvalue weighted by Crippen LogP contribution is 2.37. The third-order valence-electron chi connectivity index (χ3n) is 4.05. The number of urea groups is 1. The maximum Gasteiger partial charge on any atom is 0.315 e. The minimum Gasteiger partial charge on any atom is -0.367 e. The van der Waals surface area contributed by atoms with Crippen molar-refractivity contribution in [2.75, 3.05) is 6.54 Å². The van der Waals surface area contributed by atoms with Crippen LogP contribution in [0.15, 0.2) is 18.5 Å². The number of ether oxygens (including phenoxy) is 1. The summed E-state index contributed by atoms with van der Waals surface area (Å²) in [6.45, 7) is 11.6. The molecular weight excluding hydrogens is 280 g/mol. The molecule has 1 saturated heterocycles. The first-order valence-corrected chi connectivity index (χ1v) is 7.90. The van der Waals surface area contributed by atoms with Gasteiger partial charge in [-0.15, -0.1) is 0 Å². The molecule has 0 spiro atoms. The molecule has 2 rings (SSSR count). The first kappa shape index (κ1) is 16.8. The van der Waals surface area contributed by atoms with Gasteiger partial charge in [-0.3, -0.25) is 4.68 Å². The number of aromatic nitrogens is 2. The topological polar surface area (TPSA) is 68.2 Å². The van der Waals surface area contributed by atoms with Crippen LogP contribution in [0.1, 0.15) is 41.0 Å². The highest BCUT2D eigenvalue weighted by Gasteiger charge is 2.46. The summed E-state index contributed by atoms with van der Waals surface area (Å²) in [7, 11) is 0. The lowest BCUT2D eigenvalue weighted by molar-refractivity contribution is -0.0690. The van der Waals surface area contributed by atoms with Crippen molar-refractivity contribution in [3.63, 3.8) is 0 Å². The molecule has 0 unspecified atom stereocenters. The summed E-state index contributed by atoms with van der Waals surface area (Å²) in [6.07, 6.45) is 4.50. The molecule has 6 nitrogen and oxygen atoms in total. The van der Waals surface area contributed by atoms with Gasteiger partial charge in [-0.25, -0.2) is 4.79 Å². The molecule has 1 aliphatic heterocycles. The molecule has 0 aromatic carbocycles. The van der Waals surface area contributed by atoms with E-state index in [1.165, 1.54) is 0 Å². The first-order valence-electron chi connectivity index (χ1n) is 7.90. The Kier molecular flexibility index (Phi) is 4.80. The number of carbonyl (C=O) groups excluding carboxylic acids is 1. The second kappa shape index (κ2) is 6.28. The Bertz CT molecular complexity index is 496. The number of hydrogen-bond acceptors (Lipinski definition) is 3. The standard InChI is InChI=1S/C16H28N4O2/c1-12(11-20-8-6-7-18-20)10-17-14(21)19-13-9-15(2,3)22-16(13,4)5/h6-8,12-13H,9-11H2,1-5H3,(H2,17,19,21)/t12-,13+/m1/s1. The van der Waals surface area contributed by atoms with Gasteiger partial charge in [0.1, 0.15) is 0 Å². The van der Waals surface area contributed by atoms with E-state index in [-0.39, 0.29) is 23.3 Å². The molecule has 124 valence electrons. The van der Waals surface area contributed by atoms with E-state index in [2.05, 4.69) is 36.5 Å². The maximum absolute atomic E-state index is 12.1. The van der Waals surface area contributed by atoms with Crippen molar-refractivity contribution in [2.24, 2.45) is 5.92 Å². The van der Waals surface area contributed by atoms with Crippen LogP contribution in [0.4, 0.5) is 4.79 Å². The van der Waals surface area contributed by atoms with Gasteiger partial charge in [-0.1, -0.05) is 6.92 Å². The second-order valence-corrected chi connectivity index (χ2v) is 7.41. The van der Waals surface area contributed by atoms with Crippen LogP contribution in [0.3, 0.4) is 0 Å². The quantitative estimate of drug-likeness (QED) is 0.876. The Morgan fingerprint density at radius 2 is 2.18 bits per heavy atom. The Hall–Kier alpha value is -1.56. The van der Waals surface area contributed by atoms with Crippen LogP contribution in [-0.2, 0) is 11.3 Å². The van der Waals surface area contributed by atoms with Crippen molar-refractivity contribution in [3.8, 4) is 0 Å². The predicted octanol–water partition coefficient (Wildman–Crippen LogP) is 2.16. The number of nitrogens with zero attached hydrogens (tertiary/aromatic N) is 2. The van der Waals surface area contributed by atoms with Gasteiger partial charge in [0.05, 0.1) is 17.2 Å². The van der Waals surface area contributed by atoms with Crippen LogP contribution < -0.4 is 10.6 Å². The van der Waals surface area contributed by atoms with Crippen LogP contribution in [0.25, 0.3) is 0 Å². The number of rotatable bonds is 5. The van der Waals surface area contributed by atoms with Crippen molar-refractivity contribution in [1.29, 1.82) is 0 Å². The number of amides is 2. The predicted molar refractivity (Wildman–Crippen MR) is 85.6 cm³/mol. The summed E-state index contributed by atoms with van der Waals surface area (Å²) in [4.78, 5) is 12.1. The van der Waals surface area contributed by atoms with E-state index in [1.54, 1.807) is 6.20 Å². The van der Waals surface area contributed by atoms with Gasteiger partial charge in [0.2, 0.25) is 0 Å². The van der Waals surface area contributed by atoms with E-state index < -0.39 is 0 Å². The summed E-state index contributed by atoms with van der Waals surface area (Å²) in [5.74, 6) is 0.315. The highest BCUT2D eigenvalue weighted by molar-refractivity contribution is 5.74. The molecule has 1 aromatic heterocycles. The van der Waals surface area contributed by atoms with Gasteiger partial charge in [0.15, 0.2) is 0 Å². The fourth-order valence-corrected chi connectivity index (χ4v) is 3.06. The lowest BCUT2D eigenvalue weighted by atomic mass is 9.95. The molecule has 1 fully saturated rings. The van der Waals surface area contributed by atoms with E-state index in [9.17, 15) is 4.79 Å². The summed E-state index contributed by atoms with van der Waals surface area (Å²) < 4.78 is 7.87. The second-order valence-electron chi connectivity index (χ2n) is 7.41. The molecule has 2 N–H and O–H groups in total. The Morgan fingerprint density at radius 1 is 1.45 bits per heavy atom. The molecule has 1 aliphatic rings. The third-order valence-corrected chi connectivity index (χ3v) is 4.05. The molecule has 0 saturated carbocycles. The molecular formula is C16H28N4O2. The maximum atomic E-state index is 12.1. The summed E-state index contributed by atoms with van der Waals surface area (Å²) in [5, 5.41) is 10.2. The fourth-order valence-electron chi connectivity index (χ4n) is 3.06. The van der Waals surface area contributed by atoms with Crippen molar-refractivity contribution in [2.45, 2.75) is 64.8 Å². The summed E-state index contributed by atoms with van der Waals surface area (Å²) in [6, 6.07) is 1.78. The average molecular weight is 308 g/mol. The third kappa shape index (κ3) is 4.47. The highest BCUT2D eigenvalue weighted by atomic mass is 16.5. The van der Waals surface area contributed by atoms with Gasteiger partial charge in [-0.2, -0.15) is 5.10 Å². The largest absolute Gasteiger partial charge is 0.367 e. The van der Waals surface area contributed by atoms with Crippen LogP contribution in [-0.4, -0.2) is 39.6 Å². The van der Waals surface area contributed by atoms with E-state index in [4.69, 9.17) is 4.74 Å². The van der Waals surface area contributed by atoms with E-state index in [1.807, 2.05) is 30.8 Å². The summed E-state index contributed by atoms with van der Waals surface area (Å²) >= 11 is 0. The van der Waals surface area contributed by atoms with Crippen LogP contribution in [0, 0.1) is 5.92 Å². The fraction of sp³-hybridized carbons (Fsp3) is 0.750. The molecule has 0 radical (unpaired) electrons. The molecule has 2 atom stereocenters. The van der Waals surface area contributed by atoms with Gasteiger partial charge in [0, 0.05) is 25.5 Å². The minimum atomic E-state index is -0.346. The Balaban J connectivity index is 1.76. The zero-order chi connectivity index (χ0) is 16.4.